The van der Waals surface area contributed by atoms with Gasteiger partial charge in [0.1, 0.15) is 10.4 Å². The summed E-state index contributed by atoms with van der Waals surface area (Å²) in [6.45, 7) is 2.37. The number of guanidine groups is 1. The lowest BCUT2D eigenvalue weighted by Crippen LogP contribution is -2.47. The zero-order valence-corrected chi connectivity index (χ0v) is 20.2. The molecule has 0 bridgehead atoms. The molecule has 0 radical (unpaired) electrons. The number of methoxy groups -OCH3 is 1. The van der Waals surface area contributed by atoms with Crippen molar-refractivity contribution < 1.29 is 19.1 Å². The van der Waals surface area contributed by atoms with Crippen molar-refractivity contribution in [3.8, 4) is 5.75 Å². The highest BCUT2D eigenvalue weighted by molar-refractivity contribution is 9.10. The quantitative estimate of drug-likeness (QED) is 0.222. The number of rotatable bonds is 7. The van der Waals surface area contributed by atoms with Gasteiger partial charge >= 0.3 is 11.9 Å². The average molecular weight is 535 g/mol. The first-order chi connectivity index (χ1) is 16.2. The standard InChI is InChI=1S/C21H27BrN8O4/c1-33-15(31)11-34-14-4-2-12(3-5-14)10-30-8-6-13(7-9-30)26-21(25)29-20(32)16-18(23)28-19(24)17(22)27-16/h2-5,13H,6-11H2,1H3,(H4,23,24,28)(H3,25,26,29,32). The number of hydrogen-bond acceptors (Lipinski definition) is 9. The maximum absolute atomic E-state index is 12.4. The fraction of sp³-hybridized carbons (Fsp3) is 0.381. The molecule has 1 saturated heterocycles. The number of aliphatic imine (C=N–C) groups is 1. The van der Waals surface area contributed by atoms with Gasteiger partial charge in [-0.2, -0.15) is 4.99 Å². The summed E-state index contributed by atoms with van der Waals surface area (Å²) in [6.07, 6.45) is 1.67. The van der Waals surface area contributed by atoms with E-state index in [4.69, 9.17) is 21.9 Å². The van der Waals surface area contributed by atoms with Crippen molar-refractivity contribution in [3.63, 3.8) is 0 Å². The minimum absolute atomic E-state index is 0.000130. The van der Waals surface area contributed by atoms with Crippen molar-refractivity contribution in [2.75, 3.05) is 38.3 Å². The number of hydrogen-bond donors (Lipinski definition) is 4. The molecule has 0 aliphatic carbocycles. The van der Waals surface area contributed by atoms with E-state index in [-0.39, 0.29) is 40.5 Å². The first kappa shape index (κ1) is 25.2. The van der Waals surface area contributed by atoms with Crippen LogP contribution in [0, 0.1) is 0 Å². The zero-order valence-electron chi connectivity index (χ0n) is 18.7. The van der Waals surface area contributed by atoms with Crippen LogP contribution in [0.4, 0.5) is 11.6 Å². The van der Waals surface area contributed by atoms with E-state index < -0.39 is 11.9 Å². The zero-order chi connectivity index (χ0) is 24.7. The molecule has 0 unspecified atom stereocenters. The number of likely N-dealkylation sites (tertiary alicyclic amines) is 1. The summed E-state index contributed by atoms with van der Waals surface area (Å²) in [5.41, 5.74) is 18.2. The molecule has 1 aliphatic rings. The van der Waals surface area contributed by atoms with Crippen LogP contribution < -0.4 is 27.3 Å². The van der Waals surface area contributed by atoms with Crippen molar-refractivity contribution >= 4 is 45.4 Å². The van der Waals surface area contributed by atoms with Gasteiger partial charge in [0, 0.05) is 25.7 Å². The third-order valence-corrected chi connectivity index (χ3v) is 5.77. The third-order valence-electron chi connectivity index (χ3n) is 5.18. The molecule has 0 atom stereocenters. The van der Waals surface area contributed by atoms with E-state index in [1.807, 2.05) is 24.3 Å². The van der Waals surface area contributed by atoms with Gasteiger partial charge in [-0.15, -0.1) is 0 Å². The van der Waals surface area contributed by atoms with E-state index in [2.05, 4.69) is 45.8 Å². The van der Waals surface area contributed by atoms with Crippen LogP contribution >= 0.6 is 15.9 Å². The van der Waals surface area contributed by atoms with Crippen molar-refractivity contribution in [1.29, 1.82) is 0 Å². The molecule has 182 valence electrons. The topological polar surface area (TPSA) is 184 Å². The number of nitrogens with zero attached hydrogens (tertiary/aromatic N) is 4. The minimum atomic E-state index is -0.702. The molecular weight excluding hydrogens is 508 g/mol. The van der Waals surface area contributed by atoms with Gasteiger partial charge < -0.3 is 32.0 Å². The maximum atomic E-state index is 12.4. The number of nitrogens with one attached hydrogen (secondary N) is 1. The molecule has 1 aliphatic heterocycles. The molecule has 0 saturated carbocycles. The lowest BCUT2D eigenvalue weighted by Gasteiger charge is -2.32. The summed E-state index contributed by atoms with van der Waals surface area (Å²) >= 11 is 3.11. The Hall–Kier alpha value is -3.45. The molecule has 34 heavy (non-hydrogen) atoms. The number of aromatic nitrogens is 2. The molecule has 0 spiro atoms. The molecule has 3 rings (SSSR count). The number of amides is 1. The number of esters is 1. The van der Waals surface area contributed by atoms with Gasteiger partial charge in [0.25, 0.3) is 0 Å². The summed E-state index contributed by atoms with van der Waals surface area (Å²) in [7, 11) is 1.32. The summed E-state index contributed by atoms with van der Waals surface area (Å²) in [5.74, 6) is -0.545. The Morgan fingerprint density at radius 2 is 1.85 bits per heavy atom. The molecule has 2 aromatic rings. The van der Waals surface area contributed by atoms with E-state index in [1.54, 1.807) is 0 Å². The Bertz CT molecular complexity index is 1060. The van der Waals surface area contributed by atoms with Crippen molar-refractivity contribution in [2.45, 2.75) is 25.4 Å². The van der Waals surface area contributed by atoms with Crippen LogP contribution in [-0.2, 0) is 16.1 Å². The minimum Gasteiger partial charge on any atom is -0.482 e. The number of anilines is 2. The van der Waals surface area contributed by atoms with E-state index in [1.165, 1.54) is 7.11 Å². The van der Waals surface area contributed by atoms with E-state index in [0.29, 0.717) is 5.75 Å². The average Bonchev–Trinajstić information content (AvgIpc) is 2.81. The number of piperidine rings is 1. The Morgan fingerprint density at radius 3 is 2.50 bits per heavy atom. The van der Waals surface area contributed by atoms with Crippen molar-refractivity contribution in [2.24, 2.45) is 10.7 Å². The summed E-state index contributed by atoms with van der Waals surface area (Å²) < 4.78 is 10.1. The number of nitrogen functional groups attached to an aromatic ring is 2. The Balaban J connectivity index is 1.46. The summed E-state index contributed by atoms with van der Waals surface area (Å²) in [5, 5.41) is 3.09. The van der Waals surface area contributed by atoms with Gasteiger partial charge in [-0.1, -0.05) is 12.1 Å². The number of ether oxygens (including phenoxy) is 2. The van der Waals surface area contributed by atoms with Gasteiger partial charge in [-0.25, -0.2) is 14.8 Å². The maximum Gasteiger partial charge on any atom is 0.343 e. The normalized spacial score (nSPS) is 15.1. The predicted molar refractivity (Wildman–Crippen MR) is 130 cm³/mol. The lowest BCUT2D eigenvalue weighted by atomic mass is 10.0. The fourth-order valence-electron chi connectivity index (χ4n) is 3.39. The van der Waals surface area contributed by atoms with E-state index in [9.17, 15) is 9.59 Å². The molecule has 1 aromatic heterocycles. The highest BCUT2D eigenvalue weighted by atomic mass is 79.9. The summed E-state index contributed by atoms with van der Waals surface area (Å²) in [4.78, 5) is 37.5. The molecule has 1 fully saturated rings. The number of halogens is 1. The molecular formula is C21H27BrN8O4. The van der Waals surface area contributed by atoms with Crippen LogP contribution in [0.3, 0.4) is 0 Å². The third kappa shape index (κ3) is 7.02. The van der Waals surface area contributed by atoms with Gasteiger partial charge in [-0.3, -0.25) is 9.69 Å². The van der Waals surface area contributed by atoms with Crippen molar-refractivity contribution in [1.82, 2.24) is 20.2 Å². The highest BCUT2D eigenvalue weighted by Crippen LogP contribution is 2.19. The largest absolute Gasteiger partial charge is 0.482 e. The Labute approximate surface area is 205 Å². The highest BCUT2D eigenvalue weighted by Gasteiger charge is 2.21. The summed E-state index contributed by atoms with van der Waals surface area (Å²) in [6, 6.07) is 7.69. The first-order valence-electron chi connectivity index (χ1n) is 10.5. The van der Waals surface area contributed by atoms with Crippen LogP contribution in [0.1, 0.15) is 28.9 Å². The first-order valence-corrected chi connectivity index (χ1v) is 11.3. The number of benzene rings is 1. The smallest absolute Gasteiger partial charge is 0.343 e. The second-order valence-corrected chi connectivity index (χ2v) is 8.39. The van der Waals surface area contributed by atoms with Crippen molar-refractivity contribution in [3.05, 3.63) is 40.1 Å². The SMILES string of the molecule is COC(=O)COc1ccc(CN2CCC(N/C(N)=N/C(=O)c3nc(Br)c(N)nc3N)CC2)cc1. The van der Waals surface area contributed by atoms with E-state index >= 15 is 0 Å². The fourth-order valence-corrected chi connectivity index (χ4v) is 3.65. The molecule has 7 N–H and O–H groups in total. The van der Waals surface area contributed by atoms with Crippen LogP contribution in [0.5, 0.6) is 5.75 Å². The van der Waals surface area contributed by atoms with Gasteiger partial charge in [0.15, 0.2) is 29.9 Å². The van der Waals surface area contributed by atoms with Crippen LogP contribution in [0.15, 0.2) is 33.9 Å². The molecule has 13 heteroatoms. The molecule has 1 aromatic carbocycles. The predicted octanol–water partition coefficient (Wildman–Crippen LogP) is 0.664. The molecule has 12 nitrogen and oxygen atoms in total. The van der Waals surface area contributed by atoms with Crippen LogP contribution in [0.2, 0.25) is 0 Å². The van der Waals surface area contributed by atoms with Crippen LogP contribution in [-0.4, -0.2) is 65.6 Å². The van der Waals surface area contributed by atoms with Gasteiger partial charge in [-0.05, 0) is 46.5 Å². The number of carbonyl (C=O) groups excluding carboxylic acids is 2. The lowest BCUT2D eigenvalue weighted by molar-refractivity contribution is -0.142. The second-order valence-electron chi connectivity index (χ2n) is 7.64. The van der Waals surface area contributed by atoms with E-state index in [0.717, 1.165) is 38.0 Å². The van der Waals surface area contributed by atoms with Crippen LogP contribution in [0.25, 0.3) is 0 Å². The Morgan fingerprint density at radius 1 is 1.18 bits per heavy atom. The number of nitrogens with two attached hydrogens (primary N) is 3. The van der Waals surface area contributed by atoms with Gasteiger partial charge in [0.05, 0.1) is 7.11 Å². The molecule has 2 heterocycles. The van der Waals surface area contributed by atoms with Gasteiger partial charge in [0.2, 0.25) is 0 Å². The Kier molecular flexibility index (Phi) is 8.60. The number of carbonyl (C=O) groups is 2. The molecule has 1 amide bonds. The monoisotopic (exact) mass is 534 g/mol. The second kappa shape index (κ2) is 11.6.